The molecular formula is C21H25N3. The van der Waals surface area contributed by atoms with Crippen molar-refractivity contribution in [2.24, 2.45) is 11.8 Å². The summed E-state index contributed by atoms with van der Waals surface area (Å²) < 4.78 is 0. The third-order valence-corrected chi connectivity index (χ3v) is 5.37. The largest absolute Gasteiger partial charge is 0.257 e. The Balaban J connectivity index is 1.54. The highest BCUT2D eigenvalue weighted by Gasteiger charge is 2.19. The molecule has 0 atom stereocenters. The van der Waals surface area contributed by atoms with E-state index in [1.54, 1.807) is 0 Å². The first-order valence-corrected chi connectivity index (χ1v) is 9.10. The van der Waals surface area contributed by atoms with E-state index in [9.17, 15) is 0 Å². The molecule has 0 N–H and O–H groups in total. The van der Waals surface area contributed by atoms with Gasteiger partial charge in [0.15, 0.2) is 0 Å². The first-order valence-electron chi connectivity index (χ1n) is 9.10. The number of nitrogens with zero attached hydrogens (tertiary/aromatic N) is 3. The molecular weight excluding hydrogens is 294 g/mol. The molecule has 3 heteroatoms. The average Bonchev–Trinajstić information content (AvgIpc) is 2.67. The third kappa shape index (κ3) is 4.20. The number of hydrogen-bond donors (Lipinski definition) is 0. The van der Waals surface area contributed by atoms with Crippen molar-refractivity contribution in [2.45, 2.75) is 51.9 Å². The minimum atomic E-state index is 0.668. The van der Waals surface area contributed by atoms with Gasteiger partial charge in [-0.25, -0.2) is 0 Å². The lowest BCUT2D eigenvalue weighted by molar-refractivity contribution is 0.258. The Morgan fingerprint density at radius 2 is 1.71 bits per heavy atom. The SMILES string of the molecule is CCC1CCC(CCc2cnc(-c3ccc(C#N)cc3)cn2)CC1. The molecule has 1 heterocycles. The van der Waals surface area contributed by atoms with Crippen molar-refractivity contribution in [2.75, 3.05) is 0 Å². The zero-order valence-corrected chi connectivity index (χ0v) is 14.4. The Kier molecular flexibility index (Phi) is 5.59. The van der Waals surface area contributed by atoms with Gasteiger partial charge in [0.1, 0.15) is 0 Å². The van der Waals surface area contributed by atoms with Crippen LogP contribution in [0.15, 0.2) is 36.7 Å². The maximum Gasteiger partial charge on any atom is 0.0991 e. The predicted octanol–water partition coefficient (Wildman–Crippen LogP) is 5.16. The zero-order valence-electron chi connectivity index (χ0n) is 14.4. The van der Waals surface area contributed by atoms with Gasteiger partial charge in [-0.3, -0.25) is 9.97 Å². The summed E-state index contributed by atoms with van der Waals surface area (Å²) in [5.41, 5.74) is 3.63. The molecule has 1 aromatic carbocycles. The molecule has 3 rings (SSSR count). The molecule has 1 aliphatic rings. The molecule has 0 radical (unpaired) electrons. The summed E-state index contributed by atoms with van der Waals surface area (Å²) in [6.45, 7) is 2.32. The van der Waals surface area contributed by atoms with Crippen LogP contribution in [0.2, 0.25) is 0 Å². The number of hydrogen-bond acceptors (Lipinski definition) is 3. The highest BCUT2D eigenvalue weighted by molar-refractivity contribution is 5.59. The summed E-state index contributed by atoms with van der Waals surface area (Å²) in [4.78, 5) is 9.13. The highest BCUT2D eigenvalue weighted by Crippen LogP contribution is 2.32. The van der Waals surface area contributed by atoms with Gasteiger partial charge in [0.05, 0.1) is 29.2 Å². The second-order valence-corrected chi connectivity index (χ2v) is 6.92. The van der Waals surface area contributed by atoms with E-state index in [1.165, 1.54) is 38.5 Å². The van der Waals surface area contributed by atoms with Crippen LogP contribution in [0.4, 0.5) is 0 Å². The molecule has 124 valence electrons. The fourth-order valence-electron chi connectivity index (χ4n) is 3.63. The third-order valence-electron chi connectivity index (χ3n) is 5.37. The minimum Gasteiger partial charge on any atom is -0.257 e. The molecule has 3 nitrogen and oxygen atoms in total. The molecule has 2 aromatic rings. The van der Waals surface area contributed by atoms with Crippen molar-refractivity contribution in [3.63, 3.8) is 0 Å². The van der Waals surface area contributed by atoms with Crippen LogP contribution >= 0.6 is 0 Å². The van der Waals surface area contributed by atoms with Crippen LogP contribution in [0, 0.1) is 23.2 Å². The molecule has 24 heavy (non-hydrogen) atoms. The van der Waals surface area contributed by atoms with Crippen molar-refractivity contribution in [1.82, 2.24) is 9.97 Å². The maximum absolute atomic E-state index is 8.85. The smallest absolute Gasteiger partial charge is 0.0991 e. The van der Waals surface area contributed by atoms with E-state index in [1.807, 2.05) is 36.7 Å². The second kappa shape index (κ2) is 8.06. The van der Waals surface area contributed by atoms with Crippen LogP contribution in [0.5, 0.6) is 0 Å². The summed E-state index contributed by atoms with van der Waals surface area (Å²) in [7, 11) is 0. The van der Waals surface area contributed by atoms with Gasteiger partial charge in [-0.05, 0) is 36.8 Å². The van der Waals surface area contributed by atoms with E-state index in [4.69, 9.17) is 5.26 Å². The Labute approximate surface area is 144 Å². The first-order chi connectivity index (χ1) is 11.8. The summed E-state index contributed by atoms with van der Waals surface area (Å²) >= 11 is 0. The topological polar surface area (TPSA) is 49.6 Å². The molecule has 1 saturated carbocycles. The molecule has 0 amide bonds. The second-order valence-electron chi connectivity index (χ2n) is 6.92. The van der Waals surface area contributed by atoms with E-state index >= 15 is 0 Å². The quantitative estimate of drug-likeness (QED) is 0.764. The minimum absolute atomic E-state index is 0.668. The predicted molar refractivity (Wildman–Crippen MR) is 96.2 cm³/mol. The monoisotopic (exact) mass is 319 g/mol. The Bertz CT molecular complexity index is 675. The average molecular weight is 319 g/mol. The van der Waals surface area contributed by atoms with Crippen LogP contribution < -0.4 is 0 Å². The fourth-order valence-corrected chi connectivity index (χ4v) is 3.63. The van der Waals surface area contributed by atoms with Crippen molar-refractivity contribution in [3.05, 3.63) is 47.9 Å². The highest BCUT2D eigenvalue weighted by atomic mass is 14.8. The Hall–Kier alpha value is -2.21. The Morgan fingerprint density at radius 3 is 2.29 bits per heavy atom. The molecule has 0 saturated heterocycles. The summed E-state index contributed by atoms with van der Waals surface area (Å²) in [5, 5.41) is 8.85. The molecule has 0 unspecified atom stereocenters. The van der Waals surface area contributed by atoms with Crippen LogP contribution in [-0.4, -0.2) is 9.97 Å². The van der Waals surface area contributed by atoms with Crippen molar-refractivity contribution >= 4 is 0 Å². The number of aryl methyl sites for hydroxylation is 1. The summed E-state index contributed by atoms with van der Waals surface area (Å²) in [6, 6.07) is 9.62. The maximum atomic E-state index is 8.85. The molecule has 1 fully saturated rings. The lowest BCUT2D eigenvalue weighted by Gasteiger charge is -2.27. The van der Waals surface area contributed by atoms with E-state index in [-0.39, 0.29) is 0 Å². The van der Waals surface area contributed by atoms with Crippen LogP contribution in [0.25, 0.3) is 11.3 Å². The van der Waals surface area contributed by atoms with E-state index < -0.39 is 0 Å². The van der Waals surface area contributed by atoms with Crippen LogP contribution in [0.1, 0.15) is 56.7 Å². The number of nitriles is 1. The zero-order chi connectivity index (χ0) is 16.8. The van der Waals surface area contributed by atoms with Gasteiger partial charge in [-0.2, -0.15) is 5.26 Å². The molecule has 1 aliphatic carbocycles. The van der Waals surface area contributed by atoms with Crippen molar-refractivity contribution < 1.29 is 0 Å². The van der Waals surface area contributed by atoms with Gasteiger partial charge < -0.3 is 0 Å². The summed E-state index contributed by atoms with van der Waals surface area (Å²) in [5.74, 6) is 1.83. The van der Waals surface area contributed by atoms with Crippen molar-refractivity contribution in [1.29, 1.82) is 5.26 Å². The fraction of sp³-hybridized carbons (Fsp3) is 0.476. The summed E-state index contributed by atoms with van der Waals surface area (Å²) in [6.07, 6.45) is 13.0. The molecule has 0 bridgehead atoms. The van der Waals surface area contributed by atoms with E-state index in [2.05, 4.69) is 23.0 Å². The van der Waals surface area contributed by atoms with Gasteiger partial charge in [-0.1, -0.05) is 51.2 Å². The molecule has 0 aliphatic heterocycles. The van der Waals surface area contributed by atoms with E-state index in [0.717, 1.165) is 35.2 Å². The lowest BCUT2D eigenvalue weighted by Crippen LogP contribution is -2.14. The van der Waals surface area contributed by atoms with Crippen molar-refractivity contribution in [3.8, 4) is 17.3 Å². The first kappa shape index (κ1) is 16.6. The van der Waals surface area contributed by atoms with Gasteiger partial charge >= 0.3 is 0 Å². The molecule has 1 aromatic heterocycles. The van der Waals surface area contributed by atoms with Gasteiger partial charge in [0.2, 0.25) is 0 Å². The molecule has 0 spiro atoms. The standard InChI is InChI=1S/C21H25N3/c1-2-16-3-5-17(6-4-16)9-12-20-14-24-21(15-23-20)19-10-7-18(13-22)8-11-19/h7-8,10-11,14-17H,2-6,9,12H2,1H3. The van der Waals surface area contributed by atoms with Crippen LogP contribution in [-0.2, 0) is 6.42 Å². The lowest BCUT2D eigenvalue weighted by atomic mass is 9.79. The number of benzene rings is 1. The van der Waals surface area contributed by atoms with Gasteiger partial charge in [-0.15, -0.1) is 0 Å². The normalized spacial score (nSPS) is 20.5. The van der Waals surface area contributed by atoms with Gasteiger partial charge in [0, 0.05) is 11.8 Å². The van der Waals surface area contributed by atoms with E-state index in [0.29, 0.717) is 5.56 Å². The van der Waals surface area contributed by atoms with Crippen LogP contribution in [0.3, 0.4) is 0 Å². The number of rotatable bonds is 5. The number of aromatic nitrogens is 2. The Morgan fingerprint density at radius 1 is 1.00 bits per heavy atom. The van der Waals surface area contributed by atoms with Gasteiger partial charge in [0.25, 0.3) is 0 Å².